The van der Waals surface area contributed by atoms with Gasteiger partial charge in [-0.25, -0.2) is 0 Å². The summed E-state index contributed by atoms with van der Waals surface area (Å²) in [5.41, 5.74) is 8.54. The van der Waals surface area contributed by atoms with Crippen molar-refractivity contribution in [2.45, 2.75) is 32.2 Å². The van der Waals surface area contributed by atoms with Crippen molar-refractivity contribution in [3.8, 4) is 5.75 Å². The lowest BCUT2D eigenvalue weighted by molar-refractivity contribution is 0.269. The maximum atomic E-state index is 6.04. The van der Waals surface area contributed by atoms with E-state index < -0.39 is 0 Å². The van der Waals surface area contributed by atoms with Gasteiger partial charge >= 0.3 is 0 Å². The number of benzene rings is 1. The molecule has 0 amide bonds. The Labute approximate surface area is 85.1 Å². The molecule has 1 heterocycles. The smallest absolute Gasteiger partial charge is 0.124 e. The van der Waals surface area contributed by atoms with Crippen LogP contribution >= 0.6 is 0 Å². The zero-order valence-corrected chi connectivity index (χ0v) is 8.79. The highest BCUT2D eigenvalue weighted by Crippen LogP contribution is 2.32. The van der Waals surface area contributed by atoms with E-state index in [-0.39, 0.29) is 6.04 Å². The summed E-state index contributed by atoms with van der Waals surface area (Å²) in [5, 5.41) is 0. The van der Waals surface area contributed by atoms with Gasteiger partial charge in [-0.15, -0.1) is 0 Å². The van der Waals surface area contributed by atoms with E-state index in [9.17, 15) is 0 Å². The second-order valence-electron chi connectivity index (χ2n) is 4.20. The molecular weight excluding hydrogens is 174 g/mol. The quantitative estimate of drug-likeness (QED) is 0.740. The maximum absolute atomic E-state index is 6.04. The Morgan fingerprint density at radius 2 is 2.21 bits per heavy atom. The van der Waals surface area contributed by atoms with Crippen LogP contribution in [0.5, 0.6) is 5.75 Å². The van der Waals surface area contributed by atoms with Gasteiger partial charge in [0.15, 0.2) is 0 Å². The van der Waals surface area contributed by atoms with Crippen LogP contribution in [0.15, 0.2) is 18.2 Å². The van der Waals surface area contributed by atoms with Crippen molar-refractivity contribution in [3.05, 3.63) is 29.3 Å². The van der Waals surface area contributed by atoms with E-state index >= 15 is 0 Å². The zero-order chi connectivity index (χ0) is 10.1. The lowest BCUT2D eigenvalue weighted by atomic mass is 9.95. The molecule has 0 fully saturated rings. The number of ether oxygens (including phenoxy) is 1. The number of hydrogen-bond donors (Lipinski definition) is 1. The molecule has 1 aliphatic heterocycles. The van der Waals surface area contributed by atoms with Crippen molar-refractivity contribution in [2.75, 3.05) is 6.61 Å². The topological polar surface area (TPSA) is 35.2 Å². The molecule has 0 aromatic heterocycles. The van der Waals surface area contributed by atoms with Crippen LogP contribution in [0, 0.1) is 0 Å². The second kappa shape index (κ2) is 3.62. The SMILES string of the molecule is CC(C)c1ccc2c(c1)[C@H](N)CCO2. The molecule has 0 saturated heterocycles. The van der Waals surface area contributed by atoms with Gasteiger partial charge in [0.05, 0.1) is 6.61 Å². The lowest BCUT2D eigenvalue weighted by Gasteiger charge is -2.24. The first-order valence-corrected chi connectivity index (χ1v) is 5.20. The third kappa shape index (κ3) is 1.62. The highest BCUT2D eigenvalue weighted by molar-refractivity contribution is 5.41. The van der Waals surface area contributed by atoms with Crippen LogP contribution in [0.4, 0.5) is 0 Å². The Morgan fingerprint density at radius 3 is 2.93 bits per heavy atom. The molecule has 14 heavy (non-hydrogen) atoms. The molecule has 1 aromatic carbocycles. The van der Waals surface area contributed by atoms with Gasteiger partial charge in [-0.1, -0.05) is 26.0 Å². The summed E-state index contributed by atoms with van der Waals surface area (Å²) >= 11 is 0. The van der Waals surface area contributed by atoms with Crippen LogP contribution < -0.4 is 10.5 Å². The van der Waals surface area contributed by atoms with E-state index in [4.69, 9.17) is 10.5 Å². The number of fused-ring (bicyclic) bond motifs is 1. The second-order valence-corrected chi connectivity index (χ2v) is 4.20. The van der Waals surface area contributed by atoms with Crippen molar-refractivity contribution in [2.24, 2.45) is 5.73 Å². The van der Waals surface area contributed by atoms with Crippen molar-refractivity contribution in [1.29, 1.82) is 0 Å². The van der Waals surface area contributed by atoms with E-state index in [0.717, 1.165) is 18.8 Å². The summed E-state index contributed by atoms with van der Waals surface area (Å²) in [5.74, 6) is 1.52. The Hall–Kier alpha value is -1.02. The molecule has 0 saturated carbocycles. The Morgan fingerprint density at radius 1 is 1.43 bits per heavy atom. The van der Waals surface area contributed by atoms with Gasteiger partial charge in [-0.05, 0) is 17.5 Å². The van der Waals surface area contributed by atoms with Crippen LogP contribution in [-0.2, 0) is 0 Å². The number of nitrogens with two attached hydrogens (primary N) is 1. The largest absolute Gasteiger partial charge is 0.493 e. The van der Waals surface area contributed by atoms with Gasteiger partial charge in [0.2, 0.25) is 0 Å². The third-order valence-corrected chi connectivity index (χ3v) is 2.79. The van der Waals surface area contributed by atoms with Crippen LogP contribution in [-0.4, -0.2) is 6.61 Å². The fourth-order valence-electron chi connectivity index (χ4n) is 1.80. The molecule has 1 aliphatic rings. The Bertz CT molecular complexity index is 333. The average molecular weight is 191 g/mol. The summed E-state index contributed by atoms with van der Waals surface area (Å²) in [6.07, 6.45) is 0.925. The summed E-state index contributed by atoms with van der Waals surface area (Å²) in [6.45, 7) is 5.13. The molecule has 0 bridgehead atoms. The van der Waals surface area contributed by atoms with Crippen LogP contribution in [0.25, 0.3) is 0 Å². The summed E-state index contributed by atoms with van der Waals surface area (Å²) in [6, 6.07) is 6.51. The van der Waals surface area contributed by atoms with Gasteiger partial charge in [0.1, 0.15) is 5.75 Å². The van der Waals surface area contributed by atoms with Gasteiger partial charge in [-0.2, -0.15) is 0 Å². The number of rotatable bonds is 1. The standard InChI is InChI=1S/C12H17NO/c1-8(2)9-3-4-12-10(7-9)11(13)5-6-14-12/h3-4,7-8,11H,5-6,13H2,1-2H3/t11-/m1/s1. The maximum Gasteiger partial charge on any atom is 0.124 e. The molecule has 2 nitrogen and oxygen atoms in total. The molecule has 76 valence electrons. The van der Waals surface area contributed by atoms with E-state index in [1.807, 2.05) is 6.07 Å². The monoisotopic (exact) mass is 191 g/mol. The Balaban J connectivity index is 2.41. The van der Waals surface area contributed by atoms with Crippen LogP contribution in [0.3, 0.4) is 0 Å². The first kappa shape index (κ1) is 9.53. The molecule has 2 heteroatoms. The predicted octanol–water partition coefficient (Wildman–Crippen LogP) is 2.59. The highest BCUT2D eigenvalue weighted by atomic mass is 16.5. The first-order chi connectivity index (χ1) is 6.68. The molecule has 0 radical (unpaired) electrons. The van der Waals surface area contributed by atoms with Gasteiger partial charge < -0.3 is 10.5 Å². The van der Waals surface area contributed by atoms with E-state index in [1.165, 1.54) is 11.1 Å². The highest BCUT2D eigenvalue weighted by Gasteiger charge is 2.18. The molecule has 1 atom stereocenters. The molecule has 1 aromatic rings. The fraction of sp³-hybridized carbons (Fsp3) is 0.500. The summed E-state index contributed by atoms with van der Waals surface area (Å²) in [7, 11) is 0. The Kier molecular flexibility index (Phi) is 2.46. The summed E-state index contributed by atoms with van der Waals surface area (Å²) in [4.78, 5) is 0. The van der Waals surface area contributed by atoms with E-state index in [0.29, 0.717) is 5.92 Å². The van der Waals surface area contributed by atoms with Crippen LogP contribution in [0.1, 0.15) is 43.4 Å². The first-order valence-electron chi connectivity index (χ1n) is 5.20. The fourth-order valence-corrected chi connectivity index (χ4v) is 1.80. The minimum Gasteiger partial charge on any atom is -0.493 e. The third-order valence-electron chi connectivity index (χ3n) is 2.79. The predicted molar refractivity (Wildman–Crippen MR) is 57.6 cm³/mol. The van der Waals surface area contributed by atoms with Crippen molar-refractivity contribution in [1.82, 2.24) is 0 Å². The van der Waals surface area contributed by atoms with Crippen molar-refractivity contribution < 1.29 is 4.74 Å². The average Bonchev–Trinajstić information content (AvgIpc) is 2.18. The molecular formula is C12H17NO. The van der Waals surface area contributed by atoms with Gasteiger partial charge in [0, 0.05) is 18.0 Å². The molecule has 0 spiro atoms. The minimum atomic E-state index is 0.150. The number of hydrogen-bond acceptors (Lipinski definition) is 2. The molecule has 0 aliphatic carbocycles. The molecule has 2 rings (SSSR count). The van der Waals surface area contributed by atoms with E-state index in [2.05, 4.69) is 26.0 Å². The molecule has 0 unspecified atom stereocenters. The van der Waals surface area contributed by atoms with E-state index in [1.54, 1.807) is 0 Å². The van der Waals surface area contributed by atoms with Gasteiger partial charge in [-0.3, -0.25) is 0 Å². The normalized spacial score (nSPS) is 20.4. The summed E-state index contributed by atoms with van der Waals surface area (Å²) < 4.78 is 5.55. The van der Waals surface area contributed by atoms with Crippen LogP contribution in [0.2, 0.25) is 0 Å². The van der Waals surface area contributed by atoms with Crippen molar-refractivity contribution in [3.63, 3.8) is 0 Å². The van der Waals surface area contributed by atoms with Gasteiger partial charge in [0.25, 0.3) is 0 Å². The lowest BCUT2D eigenvalue weighted by Crippen LogP contribution is -2.20. The zero-order valence-electron chi connectivity index (χ0n) is 8.79. The minimum absolute atomic E-state index is 0.150. The van der Waals surface area contributed by atoms with Crippen molar-refractivity contribution >= 4 is 0 Å². The molecule has 2 N–H and O–H groups in total.